The molecule has 3 aromatic carbocycles. The maximum atomic E-state index is 8.07. The second-order valence-corrected chi connectivity index (χ2v) is 7.14. The van der Waals surface area contributed by atoms with Gasteiger partial charge in [-0.3, -0.25) is 0 Å². The van der Waals surface area contributed by atoms with Crippen molar-refractivity contribution >= 4 is 0 Å². The lowest BCUT2D eigenvalue weighted by Crippen LogP contribution is -2.19. The molecule has 0 spiro atoms. The van der Waals surface area contributed by atoms with Crippen molar-refractivity contribution in [3.8, 4) is 28.0 Å². The Morgan fingerprint density at radius 1 is 0.759 bits per heavy atom. The first-order valence-corrected chi connectivity index (χ1v) is 10.3. The first-order chi connectivity index (χ1) is 14.2. The van der Waals surface area contributed by atoms with Crippen molar-refractivity contribution in [1.82, 2.24) is 4.90 Å². The number of aliphatic hydroxyl groups excluding tert-OH is 1. The Kier molecular flexibility index (Phi) is 9.98. The molecule has 3 heteroatoms. The molecule has 0 aliphatic carbocycles. The lowest BCUT2D eigenvalue weighted by atomic mass is 9.94. The van der Waals surface area contributed by atoms with Gasteiger partial charge in [-0.05, 0) is 43.3 Å². The second-order valence-electron chi connectivity index (χ2n) is 7.14. The molecule has 0 radical (unpaired) electrons. The number of hydrogen-bond acceptors (Lipinski definition) is 3. The van der Waals surface area contributed by atoms with Crippen molar-refractivity contribution in [2.45, 2.75) is 19.8 Å². The number of benzene rings is 3. The van der Waals surface area contributed by atoms with E-state index < -0.39 is 0 Å². The van der Waals surface area contributed by atoms with Gasteiger partial charge in [-0.25, -0.2) is 0 Å². The lowest BCUT2D eigenvalue weighted by Gasteiger charge is -2.16. The van der Waals surface area contributed by atoms with Crippen LogP contribution in [0.5, 0.6) is 5.75 Å². The van der Waals surface area contributed by atoms with E-state index >= 15 is 0 Å². The summed E-state index contributed by atoms with van der Waals surface area (Å²) in [5, 5.41) is 8.07. The van der Waals surface area contributed by atoms with E-state index in [1.165, 1.54) is 16.7 Å². The molecule has 154 valence electrons. The summed E-state index contributed by atoms with van der Waals surface area (Å²) in [6.07, 6.45) is 2.04. The van der Waals surface area contributed by atoms with Crippen LogP contribution in [0.25, 0.3) is 22.3 Å². The van der Waals surface area contributed by atoms with Crippen molar-refractivity contribution in [2.75, 3.05) is 33.9 Å². The van der Waals surface area contributed by atoms with Crippen molar-refractivity contribution in [1.29, 1.82) is 0 Å². The fourth-order valence-electron chi connectivity index (χ4n) is 2.90. The van der Waals surface area contributed by atoms with Crippen LogP contribution in [0.4, 0.5) is 0 Å². The topological polar surface area (TPSA) is 32.7 Å². The largest absolute Gasteiger partial charge is 0.492 e. The number of para-hydroxylation sites is 1. The minimum atomic E-state index is 0.344. The number of hydrogen-bond donors (Lipinski definition) is 1. The third-order valence-corrected chi connectivity index (χ3v) is 4.50. The average molecular weight is 392 g/mol. The van der Waals surface area contributed by atoms with Gasteiger partial charge in [0.05, 0.1) is 0 Å². The molecule has 0 atom stereocenters. The highest BCUT2D eigenvalue weighted by Gasteiger charge is 2.11. The second kappa shape index (κ2) is 12.8. The Hall–Kier alpha value is -2.62. The van der Waals surface area contributed by atoms with E-state index in [9.17, 15) is 0 Å². The molecule has 3 nitrogen and oxygen atoms in total. The zero-order valence-electron chi connectivity index (χ0n) is 17.8. The van der Waals surface area contributed by atoms with Crippen LogP contribution >= 0.6 is 0 Å². The Morgan fingerprint density at radius 2 is 1.34 bits per heavy atom. The van der Waals surface area contributed by atoms with E-state index in [2.05, 4.69) is 86.6 Å². The van der Waals surface area contributed by atoms with E-state index in [0.717, 1.165) is 30.7 Å². The number of likely N-dealkylation sites (N-methyl/N-ethyl adjacent to an activating group) is 1. The summed E-state index contributed by atoms with van der Waals surface area (Å²) in [5.41, 5.74) is 4.78. The molecular weight excluding hydrogens is 358 g/mol. The summed E-state index contributed by atoms with van der Waals surface area (Å²) in [6.45, 7) is 3.97. The summed E-state index contributed by atoms with van der Waals surface area (Å²) in [4.78, 5) is 2.13. The molecule has 1 N–H and O–H groups in total. The molecule has 3 rings (SSSR count). The van der Waals surface area contributed by atoms with E-state index in [1.54, 1.807) is 0 Å². The first kappa shape index (κ1) is 22.7. The van der Waals surface area contributed by atoms with Gasteiger partial charge in [0.2, 0.25) is 0 Å². The van der Waals surface area contributed by atoms with Crippen molar-refractivity contribution in [2.24, 2.45) is 0 Å². The SMILES string of the molecule is CCCCO.CN(C)CCOc1ccccc1-c1ccccc1-c1ccccc1. The molecule has 0 fully saturated rings. The van der Waals surface area contributed by atoms with Gasteiger partial charge in [0.15, 0.2) is 0 Å². The van der Waals surface area contributed by atoms with Crippen molar-refractivity contribution in [3.63, 3.8) is 0 Å². The fraction of sp³-hybridized carbons (Fsp3) is 0.308. The number of unbranched alkanes of at least 4 members (excludes halogenated alkanes) is 1. The standard InChI is InChI=1S/C22H23NO.C4H10O/c1-23(2)16-17-24-22-15-9-8-14-21(22)20-13-7-6-12-19(20)18-10-4-3-5-11-18;1-2-3-4-5/h3-15H,16-17H2,1-2H3;5H,2-4H2,1H3. The number of aliphatic hydroxyl groups is 1. The molecule has 0 aromatic heterocycles. The highest BCUT2D eigenvalue weighted by molar-refractivity contribution is 5.85. The van der Waals surface area contributed by atoms with E-state index in [-0.39, 0.29) is 0 Å². The predicted molar refractivity (Wildman–Crippen MR) is 123 cm³/mol. The summed E-state index contributed by atoms with van der Waals surface area (Å²) < 4.78 is 6.05. The monoisotopic (exact) mass is 391 g/mol. The maximum Gasteiger partial charge on any atom is 0.127 e. The van der Waals surface area contributed by atoms with Gasteiger partial charge in [-0.1, -0.05) is 86.1 Å². The van der Waals surface area contributed by atoms with Gasteiger partial charge < -0.3 is 14.7 Å². The summed E-state index contributed by atoms with van der Waals surface area (Å²) in [7, 11) is 4.11. The fourth-order valence-corrected chi connectivity index (χ4v) is 2.90. The van der Waals surface area contributed by atoms with Gasteiger partial charge in [-0.2, -0.15) is 0 Å². The molecule has 0 aliphatic heterocycles. The Balaban J connectivity index is 0.000000537. The molecule has 0 bridgehead atoms. The normalized spacial score (nSPS) is 10.4. The van der Waals surface area contributed by atoms with Crippen LogP contribution in [-0.2, 0) is 0 Å². The number of ether oxygens (including phenoxy) is 1. The molecule has 0 unspecified atom stereocenters. The van der Waals surface area contributed by atoms with Crippen LogP contribution in [-0.4, -0.2) is 43.9 Å². The Bertz CT molecular complexity index is 829. The van der Waals surface area contributed by atoms with Crippen LogP contribution in [0, 0.1) is 0 Å². The highest BCUT2D eigenvalue weighted by Crippen LogP contribution is 2.37. The van der Waals surface area contributed by atoms with Gasteiger partial charge in [-0.15, -0.1) is 0 Å². The third-order valence-electron chi connectivity index (χ3n) is 4.50. The summed E-state index contributed by atoms with van der Waals surface area (Å²) in [6, 6.07) is 27.3. The van der Waals surface area contributed by atoms with Crippen LogP contribution in [0.15, 0.2) is 78.9 Å². The number of nitrogens with zero attached hydrogens (tertiary/aromatic N) is 1. The van der Waals surface area contributed by atoms with E-state index in [1.807, 2.05) is 18.2 Å². The third kappa shape index (κ3) is 7.37. The summed E-state index contributed by atoms with van der Waals surface area (Å²) >= 11 is 0. The van der Waals surface area contributed by atoms with Gasteiger partial charge in [0, 0.05) is 18.7 Å². The molecule has 0 aliphatic rings. The zero-order chi connectivity index (χ0) is 20.9. The minimum Gasteiger partial charge on any atom is -0.492 e. The van der Waals surface area contributed by atoms with Crippen molar-refractivity contribution in [3.05, 3.63) is 78.9 Å². The van der Waals surface area contributed by atoms with Gasteiger partial charge in [0.25, 0.3) is 0 Å². The molecule has 0 amide bonds. The predicted octanol–water partition coefficient (Wildman–Crippen LogP) is 5.74. The van der Waals surface area contributed by atoms with Crippen molar-refractivity contribution < 1.29 is 9.84 Å². The quantitative estimate of drug-likeness (QED) is 0.531. The minimum absolute atomic E-state index is 0.344. The molecular formula is C26H33NO2. The number of rotatable bonds is 8. The molecule has 0 saturated carbocycles. The van der Waals surface area contributed by atoms with Crippen LogP contribution in [0.2, 0.25) is 0 Å². The first-order valence-electron chi connectivity index (χ1n) is 10.3. The molecule has 3 aromatic rings. The molecule has 29 heavy (non-hydrogen) atoms. The van der Waals surface area contributed by atoms with Crippen LogP contribution in [0.1, 0.15) is 19.8 Å². The van der Waals surface area contributed by atoms with Gasteiger partial charge >= 0.3 is 0 Å². The smallest absolute Gasteiger partial charge is 0.127 e. The Morgan fingerprint density at radius 3 is 1.93 bits per heavy atom. The zero-order valence-corrected chi connectivity index (χ0v) is 17.8. The molecule has 0 heterocycles. The average Bonchev–Trinajstić information content (AvgIpc) is 2.76. The lowest BCUT2D eigenvalue weighted by molar-refractivity contribution is 0.262. The molecule has 0 saturated heterocycles. The Labute approximate surface area is 175 Å². The van der Waals surface area contributed by atoms with Crippen LogP contribution in [0.3, 0.4) is 0 Å². The van der Waals surface area contributed by atoms with Gasteiger partial charge in [0.1, 0.15) is 12.4 Å². The maximum absolute atomic E-state index is 8.07. The highest BCUT2D eigenvalue weighted by atomic mass is 16.5. The van der Waals surface area contributed by atoms with E-state index in [4.69, 9.17) is 9.84 Å². The van der Waals surface area contributed by atoms with Crippen LogP contribution < -0.4 is 4.74 Å². The summed E-state index contributed by atoms with van der Waals surface area (Å²) in [5.74, 6) is 0.933. The van der Waals surface area contributed by atoms with E-state index in [0.29, 0.717) is 13.2 Å².